The van der Waals surface area contributed by atoms with Gasteiger partial charge in [0.25, 0.3) is 0 Å². The summed E-state index contributed by atoms with van der Waals surface area (Å²) in [5.74, 6) is 0.667. The molecule has 3 rings (SSSR count). The van der Waals surface area contributed by atoms with Crippen LogP contribution in [0.1, 0.15) is 0 Å². The van der Waals surface area contributed by atoms with Crippen molar-refractivity contribution < 1.29 is 0 Å². The van der Waals surface area contributed by atoms with Gasteiger partial charge in [0.1, 0.15) is 10.2 Å². The molecule has 0 radical (unpaired) electrons. The van der Waals surface area contributed by atoms with Crippen LogP contribution < -0.4 is 5.73 Å². The maximum absolute atomic E-state index is 6.15. The van der Waals surface area contributed by atoms with Crippen LogP contribution in [0.2, 0.25) is 18.7 Å². The summed E-state index contributed by atoms with van der Waals surface area (Å²) in [5, 5.41) is 1.48. The van der Waals surface area contributed by atoms with Crippen LogP contribution in [0.3, 0.4) is 0 Å². The summed E-state index contributed by atoms with van der Waals surface area (Å²) in [4.78, 5) is 8.64. The Kier molecular flexibility index (Phi) is 3.69. The zero-order valence-electron chi connectivity index (χ0n) is 9.62. The van der Waals surface area contributed by atoms with Crippen LogP contribution in [-0.4, -0.2) is 9.97 Å². The standard InChI is InChI=1S/C12H5Cl4N3S/c13-4-1-5-9(7(14)2-4)18-12(19-11(5)17)6-3-8(15)20-10(6)16/h1-3H,(H2,17,18,19). The third-order valence-corrected chi connectivity index (χ3v) is 4.64. The van der Waals surface area contributed by atoms with Crippen molar-refractivity contribution in [2.24, 2.45) is 0 Å². The van der Waals surface area contributed by atoms with Crippen molar-refractivity contribution in [3.05, 3.63) is 36.9 Å². The van der Waals surface area contributed by atoms with E-state index in [1.807, 2.05) is 0 Å². The number of nitrogens with zero attached hydrogens (tertiary/aromatic N) is 2. The van der Waals surface area contributed by atoms with Crippen LogP contribution in [0, 0.1) is 0 Å². The van der Waals surface area contributed by atoms with E-state index in [9.17, 15) is 0 Å². The van der Waals surface area contributed by atoms with Crippen LogP contribution in [0.4, 0.5) is 5.82 Å². The summed E-state index contributed by atoms with van der Waals surface area (Å²) in [5.41, 5.74) is 7.10. The van der Waals surface area contributed by atoms with E-state index in [0.717, 1.165) is 0 Å². The van der Waals surface area contributed by atoms with Crippen LogP contribution in [0.25, 0.3) is 22.3 Å². The number of nitrogens with two attached hydrogens (primary N) is 1. The second-order valence-corrected chi connectivity index (χ2v) is 7.08. The molecule has 102 valence electrons. The molecule has 2 aromatic heterocycles. The lowest BCUT2D eigenvalue weighted by Gasteiger charge is -2.06. The molecule has 8 heteroatoms. The van der Waals surface area contributed by atoms with Crippen molar-refractivity contribution in [1.29, 1.82) is 0 Å². The largest absolute Gasteiger partial charge is 0.383 e. The third-order valence-electron chi connectivity index (χ3n) is 2.65. The third kappa shape index (κ3) is 2.43. The average molecular weight is 365 g/mol. The van der Waals surface area contributed by atoms with E-state index in [1.165, 1.54) is 11.3 Å². The minimum Gasteiger partial charge on any atom is -0.383 e. The summed E-state index contributed by atoms with van der Waals surface area (Å²) in [6.07, 6.45) is 0. The van der Waals surface area contributed by atoms with Gasteiger partial charge in [0.2, 0.25) is 0 Å². The minimum atomic E-state index is 0.285. The monoisotopic (exact) mass is 363 g/mol. The number of aromatic nitrogens is 2. The van der Waals surface area contributed by atoms with Crippen LogP contribution in [-0.2, 0) is 0 Å². The summed E-state index contributed by atoms with van der Waals surface area (Å²) < 4.78 is 1.05. The molecule has 2 heterocycles. The number of thiophene rings is 1. The lowest BCUT2D eigenvalue weighted by atomic mass is 10.2. The zero-order chi connectivity index (χ0) is 14.4. The molecule has 0 aliphatic carbocycles. The normalized spacial score (nSPS) is 11.2. The summed E-state index contributed by atoms with van der Waals surface area (Å²) in [6, 6.07) is 4.97. The first-order valence-electron chi connectivity index (χ1n) is 5.33. The maximum atomic E-state index is 6.15. The molecule has 0 saturated carbocycles. The van der Waals surface area contributed by atoms with Gasteiger partial charge < -0.3 is 5.73 Å². The van der Waals surface area contributed by atoms with Crippen molar-refractivity contribution in [2.45, 2.75) is 0 Å². The predicted molar refractivity (Wildman–Crippen MR) is 87.3 cm³/mol. The van der Waals surface area contributed by atoms with Crippen molar-refractivity contribution in [1.82, 2.24) is 9.97 Å². The molecule has 0 atom stereocenters. The number of fused-ring (bicyclic) bond motifs is 1. The molecule has 0 bridgehead atoms. The molecule has 3 aromatic rings. The van der Waals surface area contributed by atoms with Crippen molar-refractivity contribution >= 4 is 74.5 Å². The van der Waals surface area contributed by atoms with Crippen LogP contribution in [0.5, 0.6) is 0 Å². The molecule has 0 saturated heterocycles. The molecule has 3 nitrogen and oxygen atoms in total. The number of benzene rings is 1. The maximum Gasteiger partial charge on any atom is 0.164 e. The first kappa shape index (κ1) is 14.2. The number of anilines is 1. The summed E-state index contributed by atoms with van der Waals surface area (Å²) in [7, 11) is 0. The topological polar surface area (TPSA) is 51.8 Å². The zero-order valence-corrected chi connectivity index (χ0v) is 13.5. The lowest BCUT2D eigenvalue weighted by Crippen LogP contribution is -1.98. The number of rotatable bonds is 1. The van der Waals surface area contributed by atoms with Gasteiger partial charge in [-0.2, -0.15) is 0 Å². The van der Waals surface area contributed by atoms with E-state index < -0.39 is 0 Å². The van der Waals surface area contributed by atoms with E-state index >= 15 is 0 Å². The molecular formula is C12H5Cl4N3S. The molecule has 2 N–H and O–H groups in total. The van der Waals surface area contributed by atoms with Gasteiger partial charge in [0.05, 0.1) is 20.4 Å². The average Bonchev–Trinajstić information content (AvgIpc) is 2.69. The first-order valence-corrected chi connectivity index (χ1v) is 7.66. The SMILES string of the molecule is Nc1nc(-c2cc(Cl)sc2Cl)nc2c(Cl)cc(Cl)cc12. The second-order valence-electron chi connectivity index (χ2n) is 3.95. The fourth-order valence-corrected chi connectivity index (χ4v) is 3.78. The Morgan fingerprint density at radius 1 is 1.00 bits per heavy atom. The highest BCUT2D eigenvalue weighted by Gasteiger charge is 2.15. The quantitative estimate of drug-likeness (QED) is 0.615. The highest BCUT2D eigenvalue weighted by molar-refractivity contribution is 7.20. The molecule has 0 unspecified atom stereocenters. The van der Waals surface area contributed by atoms with Crippen molar-refractivity contribution in [3.8, 4) is 11.4 Å². The van der Waals surface area contributed by atoms with E-state index in [-0.39, 0.29) is 5.82 Å². The smallest absolute Gasteiger partial charge is 0.164 e. The van der Waals surface area contributed by atoms with Gasteiger partial charge in [0, 0.05) is 10.4 Å². The van der Waals surface area contributed by atoms with Crippen molar-refractivity contribution in [2.75, 3.05) is 5.73 Å². The van der Waals surface area contributed by atoms with Gasteiger partial charge >= 0.3 is 0 Å². The summed E-state index contributed by atoms with van der Waals surface area (Å²) >= 11 is 25.4. The Morgan fingerprint density at radius 2 is 1.75 bits per heavy atom. The number of hydrogen-bond donors (Lipinski definition) is 1. The highest BCUT2D eigenvalue weighted by Crippen LogP contribution is 2.38. The molecular weight excluding hydrogens is 360 g/mol. The molecule has 0 fully saturated rings. The molecule has 1 aromatic carbocycles. The van der Waals surface area contributed by atoms with E-state index in [0.29, 0.717) is 41.0 Å². The summed E-state index contributed by atoms with van der Waals surface area (Å²) in [6.45, 7) is 0. The Morgan fingerprint density at radius 3 is 2.40 bits per heavy atom. The Balaban J connectivity index is 2.32. The molecule has 0 aliphatic heterocycles. The second kappa shape index (κ2) is 5.20. The van der Waals surface area contributed by atoms with E-state index in [1.54, 1.807) is 18.2 Å². The van der Waals surface area contributed by atoms with Crippen LogP contribution in [0.15, 0.2) is 18.2 Å². The Hall–Kier alpha value is -0.780. The molecule has 0 aliphatic rings. The predicted octanol–water partition coefficient (Wildman–Crippen LogP) is 5.55. The van der Waals surface area contributed by atoms with Gasteiger partial charge in [0.15, 0.2) is 5.82 Å². The number of nitrogen functional groups attached to an aromatic ring is 1. The van der Waals surface area contributed by atoms with Gasteiger partial charge in [-0.25, -0.2) is 9.97 Å². The van der Waals surface area contributed by atoms with E-state index in [2.05, 4.69) is 9.97 Å². The Labute approximate surface area is 138 Å². The number of hydrogen-bond acceptors (Lipinski definition) is 4. The fraction of sp³-hybridized carbons (Fsp3) is 0. The van der Waals surface area contributed by atoms with Gasteiger partial charge in [-0.3, -0.25) is 0 Å². The van der Waals surface area contributed by atoms with E-state index in [4.69, 9.17) is 52.1 Å². The van der Waals surface area contributed by atoms with Gasteiger partial charge in [-0.1, -0.05) is 46.4 Å². The van der Waals surface area contributed by atoms with Gasteiger partial charge in [-0.05, 0) is 18.2 Å². The first-order chi connectivity index (χ1) is 9.45. The Bertz CT molecular complexity index is 831. The minimum absolute atomic E-state index is 0.285. The van der Waals surface area contributed by atoms with Crippen LogP contribution >= 0.6 is 57.7 Å². The number of halogens is 4. The van der Waals surface area contributed by atoms with Gasteiger partial charge in [-0.15, -0.1) is 11.3 Å². The molecule has 0 amide bonds. The molecule has 20 heavy (non-hydrogen) atoms. The lowest BCUT2D eigenvalue weighted by molar-refractivity contribution is 1.24. The highest BCUT2D eigenvalue weighted by atomic mass is 35.5. The fourth-order valence-electron chi connectivity index (χ4n) is 1.79. The van der Waals surface area contributed by atoms with Crippen molar-refractivity contribution in [3.63, 3.8) is 0 Å². The molecule has 0 spiro atoms.